The minimum Gasteiger partial charge on any atom is -0.497 e. The Balaban J connectivity index is 1.79. The van der Waals surface area contributed by atoms with E-state index < -0.39 is 0 Å². The van der Waals surface area contributed by atoms with E-state index in [4.69, 9.17) is 9.47 Å². The van der Waals surface area contributed by atoms with Crippen molar-refractivity contribution in [3.8, 4) is 11.5 Å². The normalized spacial score (nSPS) is 10.3. The van der Waals surface area contributed by atoms with Crippen LogP contribution in [0.2, 0.25) is 0 Å². The number of nitrogens with one attached hydrogen (secondary N) is 1. The minimum absolute atomic E-state index is 0.782. The third kappa shape index (κ3) is 6.23. The third-order valence-corrected chi connectivity index (χ3v) is 3.76. The summed E-state index contributed by atoms with van der Waals surface area (Å²) in [5.41, 5.74) is 2.29. The lowest BCUT2D eigenvalue weighted by atomic mass is 10.2. The van der Waals surface area contributed by atoms with E-state index in [0.29, 0.717) is 0 Å². The van der Waals surface area contributed by atoms with Crippen molar-refractivity contribution in [1.82, 2.24) is 0 Å². The fraction of sp³-hybridized carbons (Fsp3) is 0.400. The molecule has 0 radical (unpaired) electrons. The van der Waals surface area contributed by atoms with Crippen molar-refractivity contribution in [2.75, 3.05) is 19.0 Å². The number of unbranched alkanes of at least 4 members (excludes halogenated alkanes) is 3. The zero-order valence-electron chi connectivity index (χ0n) is 14.2. The molecule has 0 atom stereocenters. The Morgan fingerprint density at radius 2 is 1.74 bits per heavy atom. The van der Waals surface area contributed by atoms with Gasteiger partial charge < -0.3 is 14.8 Å². The molecule has 1 N–H and O–H groups in total. The largest absolute Gasteiger partial charge is 0.497 e. The summed E-state index contributed by atoms with van der Waals surface area (Å²) in [6, 6.07) is 16.3. The van der Waals surface area contributed by atoms with Gasteiger partial charge in [-0.2, -0.15) is 0 Å². The maximum Gasteiger partial charge on any atom is 0.121 e. The Morgan fingerprint density at radius 3 is 2.48 bits per heavy atom. The summed E-state index contributed by atoms with van der Waals surface area (Å²) in [4.78, 5) is 0. The minimum atomic E-state index is 0.782. The molecule has 0 amide bonds. The molecule has 3 heteroatoms. The summed E-state index contributed by atoms with van der Waals surface area (Å²) >= 11 is 0. The lowest BCUT2D eigenvalue weighted by Gasteiger charge is -2.10. The van der Waals surface area contributed by atoms with E-state index in [2.05, 4.69) is 36.5 Å². The molecule has 0 saturated carbocycles. The fourth-order valence-electron chi connectivity index (χ4n) is 2.36. The van der Waals surface area contributed by atoms with Gasteiger partial charge in [0, 0.05) is 18.3 Å². The number of hydrogen-bond acceptors (Lipinski definition) is 3. The first kappa shape index (κ1) is 17.2. The molecule has 0 heterocycles. The van der Waals surface area contributed by atoms with Gasteiger partial charge in [-0.25, -0.2) is 0 Å². The number of anilines is 1. The second-order valence-corrected chi connectivity index (χ2v) is 5.64. The van der Waals surface area contributed by atoms with Crippen LogP contribution in [0.25, 0.3) is 0 Å². The molecule has 2 rings (SSSR count). The molecular formula is C20H27NO2. The lowest BCUT2D eigenvalue weighted by Crippen LogP contribution is -2.01. The van der Waals surface area contributed by atoms with E-state index in [1.54, 1.807) is 7.11 Å². The number of methoxy groups -OCH3 is 1. The highest BCUT2D eigenvalue weighted by atomic mass is 16.5. The van der Waals surface area contributed by atoms with Crippen LogP contribution in [0.1, 0.15) is 38.2 Å². The molecule has 3 nitrogen and oxygen atoms in total. The number of benzene rings is 2. The van der Waals surface area contributed by atoms with Crippen molar-refractivity contribution < 1.29 is 9.47 Å². The van der Waals surface area contributed by atoms with Gasteiger partial charge in [-0.05, 0) is 36.2 Å². The Morgan fingerprint density at radius 1 is 0.913 bits per heavy atom. The monoisotopic (exact) mass is 313 g/mol. The molecule has 0 aromatic heterocycles. The molecule has 0 unspecified atom stereocenters. The summed E-state index contributed by atoms with van der Waals surface area (Å²) in [5, 5.41) is 3.43. The molecule has 2 aromatic carbocycles. The molecule has 0 aliphatic carbocycles. The Hall–Kier alpha value is -2.16. The second kappa shape index (κ2) is 9.78. The summed E-state index contributed by atoms with van der Waals surface area (Å²) in [5.74, 6) is 1.81. The van der Waals surface area contributed by atoms with Crippen LogP contribution in [-0.2, 0) is 6.54 Å². The van der Waals surface area contributed by atoms with Gasteiger partial charge in [0.1, 0.15) is 11.5 Å². The first-order valence-electron chi connectivity index (χ1n) is 8.41. The molecule has 0 bridgehead atoms. The van der Waals surface area contributed by atoms with E-state index >= 15 is 0 Å². The fourth-order valence-corrected chi connectivity index (χ4v) is 2.36. The van der Waals surface area contributed by atoms with Gasteiger partial charge >= 0.3 is 0 Å². The lowest BCUT2D eigenvalue weighted by molar-refractivity contribution is 0.305. The first-order valence-corrected chi connectivity index (χ1v) is 8.41. The summed E-state index contributed by atoms with van der Waals surface area (Å²) in [6.45, 7) is 3.80. The predicted octanol–water partition coefficient (Wildman–Crippen LogP) is 5.27. The number of rotatable bonds is 10. The molecule has 0 aliphatic heterocycles. The smallest absolute Gasteiger partial charge is 0.121 e. The van der Waals surface area contributed by atoms with Crippen molar-refractivity contribution in [2.45, 2.75) is 39.2 Å². The summed E-state index contributed by atoms with van der Waals surface area (Å²) in [6.07, 6.45) is 4.90. The van der Waals surface area contributed by atoms with E-state index in [1.165, 1.54) is 24.8 Å². The molecule has 0 fully saturated rings. The van der Waals surface area contributed by atoms with Crippen molar-refractivity contribution in [1.29, 1.82) is 0 Å². The molecule has 0 saturated heterocycles. The van der Waals surface area contributed by atoms with Crippen LogP contribution >= 0.6 is 0 Å². The van der Waals surface area contributed by atoms with Gasteiger partial charge in [0.05, 0.1) is 13.7 Å². The summed E-state index contributed by atoms with van der Waals surface area (Å²) < 4.78 is 11.0. The Labute approximate surface area is 139 Å². The van der Waals surface area contributed by atoms with Gasteiger partial charge in [0.15, 0.2) is 0 Å². The van der Waals surface area contributed by atoms with Crippen LogP contribution in [-0.4, -0.2) is 13.7 Å². The van der Waals surface area contributed by atoms with Gasteiger partial charge in [-0.3, -0.25) is 0 Å². The molecule has 0 aliphatic rings. The second-order valence-electron chi connectivity index (χ2n) is 5.64. The predicted molar refractivity (Wildman–Crippen MR) is 96.4 cm³/mol. The zero-order valence-corrected chi connectivity index (χ0v) is 14.2. The molecule has 0 spiro atoms. The Kier molecular flexibility index (Phi) is 7.31. The highest BCUT2D eigenvalue weighted by molar-refractivity contribution is 5.48. The number of ether oxygens (including phenoxy) is 2. The summed E-state index contributed by atoms with van der Waals surface area (Å²) in [7, 11) is 1.68. The van der Waals surface area contributed by atoms with Crippen molar-refractivity contribution in [3.05, 3.63) is 54.1 Å². The van der Waals surface area contributed by atoms with Crippen molar-refractivity contribution in [2.24, 2.45) is 0 Å². The average Bonchev–Trinajstić information content (AvgIpc) is 2.60. The van der Waals surface area contributed by atoms with Gasteiger partial charge in [0.25, 0.3) is 0 Å². The molecular weight excluding hydrogens is 286 g/mol. The van der Waals surface area contributed by atoms with Crippen LogP contribution in [0, 0.1) is 0 Å². The molecule has 124 valence electrons. The van der Waals surface area contributed by atoms with Gasteiger partial charge in [-0.15, -0.1) is 0 Å². The highest BCUT2D eigenvalue weighted by Crippen LogP contribution is 2.19. The molecule has 2 aromatic rings. The number of hydrogen-bond donors (Lipinski definition) is 1. The van der Waals surface area contributed by atoms with E-state index in [1.807, 2.05) is 24.3 Å². The van der Waals surface area contributed by atoms with Crippen LogP contribution in [0.4, 0.5) is 5.69 Å². The zero-order chi connectivity index (χ0) is 16.3. The average molecular weight is 313 g/mol. The van der Waals surface area contributed by atoms with Crippen molar-refractivity contribution in [3.63, 3.8) is 0 Å². The van der Waals surface area contributed by atoms with E-state index in [-0.39, 0.29) is 0 Å². The van der Waals surface area contributed by atoms with Crippen LogP contribution in [0.5, 0.6) is 11.5 Å². The van der Waals surface area contributed by atoms with Crippen LogP contribution in [0.3, 0.4) is 0 Å². The topological polar surface area (TPSA) is 30.5 Å². The van der Waals surface area contributed by atoms with Gasteiger partial charge in [0.2, 0.25) is 0 Å². The van der Waals surface area contributed by atoms with E-state index in [0.717, 1.165) is 36.8 Å². The third-order valence-electron chi connectivity index (χ3n) is 3.76. The standard InChI is InChI=1S/C20H27NO2/c1-3-4-5-6-14-23-20-9-7-8-18(15-20)21-16-17-10-12-19(22-2)13-11-17/h7-13,15,21H,3-6,14,16H2,1-2H3. The molecule has 23 heavy (non-hydrogen) atoms. The van der Waals surface area contributed by atoms with E-state index in [9.17, 15) is 0 Å². The quantitative estimate of drug-likeness (QED) is 0.606. The maximum atomic E-state index is 5.82. The first-order chi connectivity index (χ1) is 11.3. The van der Waals surface area contributed by atoms with Crippen LogP contribution in [0.15, 0.2) is 48.5 Å². The Bertz CT molecular complexity index is 566. The van der Waals surface area contributed by atoms with Gasteiger partial charge in [-0.1, -0.05) is 44.4 Å². The SMILES string of the molecule is CCCCCCOc1cccc(NCc2ccc(OC)cc2)c1. The van der Waals surface area contributed by atoms with Crippen LogP contribution < -0.4 is 14.8 Å². The highest BCUT2D eigenvalue weighted by Gasteiger charge is 1.99. The maximum absolute atomic E-state index is 5.82. The van der Waals surface area contributed by atoms with Crippen molar-refractivity contribution >= 4 is 5.69 Å².